The summed E-state index contributed by atoms with van der Waals surface area (Å²) in [6.45, 7) is 6.26. The number of amides is 5. The molecule has 1 saturated carbocycles. The first-order valence-electron chi connectivity index (χ1n) is 19.0. The molecule has 284 valence electrons. The topological polar surface area (TPSA) is 155 Å². The molecular formula is C41H42ClN7O6. The molecule has 0 radical (unpaired) electrons. The Labute approximate surface area is 324 Å². The fourth-order valence-electron chi connectivity index (χ4n) is 8.38. The first-order valence-corrected chi connectivity index (χ1v) is 19.4. The van der Waals surface area contributed by atoms with Crippen LogP contribution < -0.4 is 25.2 Å². The molecule has 3 aromatic carbocycles. The van der Waals surface area contributed by atoms with Gasteiger partial charge in [-0.25, -0.2) is 0 Å². The van der Waals surface area contributed by atoms with Gasteiger partial charge in [-0.2, -0.15) is 5.26 Å². The van der Waals surface area contributed by atoms with E-state index in [-0.39, 0.29) is 30.9 Å². The number of ether oxygens (including phenoxy) is 1. The van der Waals surface area contributed by atoms with Crippen LogP contribution in [0.3, 0.4) is 0 Å². The summed E-state index contributed by atoms with van der Waals surface area (Å²) in [6, 6.07) is 19.4. The molecule has 13 nitrogen and oxygen atoms in total. The zero-order valence-corrected chi connectivity index (χ0v) is 31.1. The third-order valence-electron chi connectivity index (χ3n) is 11.5. The molecule has 1 unspecified atom stereocenters. The average molecular weight is 764 g/mol. The van der Waals surface area contributed by atoms with E-state index in [1.807, 2.05) is 30.3 Å². The molecule has 1 aliphatic carbocycles. The van der Waals surface area contributed by atoms with Gasteiger partial charge in [0.2, 0.25) is 11.8 Å². The molecule has 2 N–H and O–H groups in total. The highest BCUT2D eigenvalue weighted by Crippen LogP contribution is 2.32. The molecule has 0 spiro atoms. The number of imide groups is 2. The van der Waals surface area contributed by atoms with E-state index < -0.39 is 29.7 Å². The van der Waals surface area contributed by atoms with Crippen molar-refractivity contribution in [3.05, 3.63) is 87.9 Å². The quantitative estimate of drug-likeness (QED) is 0.306. The van der Waals surface area contributed by atoms with Gasteiger partial charge in [0.05, 0.1) is 27.8 Å². The predicted octanol–water partition coefficient (Wildman–Crippen LogP) is 3.99. The Morgan fingerprint density at radius 1 is 0.836 bits per heavy atom. The van der Waals surface area contributed by atoms with Crippen LogP contribution in [0.4, 0.5) is 11.4 Å². The smallest absolute Gasteiger partial charge is 0.262 e. The number of fused-ring (bicyclic) bond motifs is 1. The van der Waals surface area contributed by atoms with Crippen molar-refractivity contribution < 1.29 is 28.7 Å². The fourth-order valence-corrected chi connectivity index (χ4v) is 8.59. The van der Waals surface area contributed by atoms with E-state index in [2.05, 4.69) is 31.4 Å². The number of carbonyl (C=O) groups is 5. The van der Waals surface area contributed by atoms with Crippen molar-refractivity contribution in [2.75, 3.05) is 55.6 Å². The summed E-state index contributed by atoms with van der Waals surface area (Å²) in [5, 5.41) is 14.9. The van der Waals surface area contributed by atoms with Crippen molar-refractivity contribution in [2.24, 2.45) is 5.92 Å². The Balaban J connectivity index is 0.754. The molecule has 1 atom stereocenters. The standard InChI is InChI=1S/C41H42ClN7O6/c42-35-20-32(9-3-27(35)21-43)55-31-10-4-28(5-11-31)44-38(51)26-1-6-29(7-2-26)48-23-25(24-48)22-46-15-17-47(18-16-46)30-8-12-33-34(19-30)41(54)49(40(33)53)36-13-14-37(50)45-39(36)52/h1-3,6-9,12,19-20,25,28,31,36H,4-5,10-11,13-18,22-24H2,(H,44,51)(H,45,50,52)/t28-,31-,36?. The van der Waals surface area contributed by atoms with E-state index in [0.717, 1.165) is 87.8 Å². The Morgan fingerprint density at radius 2 is 1.55 bits per heavy atom. The van der Waals surface area contributed by atoms with Crippen LogP contribution >= 0.6 is 11.6 Å². The number of anilines is 2. The number of nitrogens with one attached hydrogen (secondary N) is 2. The van der Waals surface area contributed by atoms with Crippen LogP contribution in [-0.2, 0) is 9.59 Å². The minimum absolute atomic E-state index is 0.0434. The molecule has 4 fully saturated rings. The van der Waals surface area contributed by atoms with Gasteiger partial charge < -0.3 is 19.9 Å². The molecule has 8 rings (SSSR count). The van der Waals surface area contributed by atoms with E-state index in [9.17, 15) is 24.0 Å². The summed E-state index contributed by atoms with van der Waals surface area (Å²) < 4.78 is 6.09. The molecular weight excluding hydrogens is 722 g/mol. The second-order valence-electron chi connectivity index (χ2n) is 15.1. The predicted molar refractivity (Wildman–Crippen MR) is 204 cm³/mol. The lowest BCUT2D eigenvalue weighted by Crippen LogP contribution is -2.55. The number of hydrogen-bond acceptors (Lipinski definition) is 10. The summed E-state index contributed by atoms with van der Waals surface area (Å²) in [5.41, 5.74) is 3.65. The molecule has 0 aromatic heterocycles. The van der Waals surface area contributed by atoms with Crippen LogP contribution in [0.15, 0.2) is 60.7 Å². The number of rotatable bonds is 9. The Morgan fingerprint density at radius 3 is 2.24 bits per heavy atom. The lowest BCUT2D eigenvalue weighted by atomic mass is 9.92. The van der Waals surface area contributed by atoms with Gasteiger partial charge in [-0.15, -0.1) is 0 Å². The van der Waals surface area contributed by atoms with Crippen LogP contribution in [-0.4, -0.2) is 103 Å². The average Bonchev–Trinajstić information content (AvgIpc) is 3.42. The van der Waals surface area contributed by atoms with Gasteiger partial charge >= 0.3 is 0 Å². The molecule has 4 aliphatic heterocycles. The molecule has 5 amide bonds. The lowest BCUT2D eigenvalue weighted by Gasteiger charge is -2.45. The number of hydrogen-bond donors (Lipinski definition) is 2. The van der Waals surface area contributed by atoms with Crippen LogP contribution in [0.25, 0.3) is 0 Å². The van der Waals surface area contributed by atoms with Crippen LogP contribution in [0, 0.1) is 17.2 Å². The first-order chi connectivity index (χ1) is 26.6. The van der Waals surface area contributed by atoms with Gasteiger partial charge in [-0.1, -0.05) is 11.6 Å². The van der Waals surface area contributed by atoms with Crippen molar-refractivity contribution in [3.8, 4) is 11.8 Å². The maximum Gasteiger partial charge on any atom is 0.262 e. The summed E-state index contributed by atoms with van der Waals surface area (Å²) in [4.78, 5) is 71.4. The summed E-state index contributed by atoms with van der Waals surface area (Å²) >= 11 is 6.14. The highest BCUT2D eigenvalue weighted by molar-refractivity contribution is 6.31. The largest absolute Gasteiger partial charge is 0.490 e. The van der Waals surface area contributed by atoms with E-state index in [1.165, 1.54) is 0 Å². The SMILES string of the molecule is N#Cc1ccc(O[C@H]2CC[C@H](NC(=O)c3ccc(N4CC(CN5CCN(c6ccc7c(c6)C(=O)N(C6CCC(=O)NC6=O)C7=O)CC5)C4)cc3)CC2)cc1Cl. The number of nitrogens with zero attached hydrogens (tertiary/aromatic N) is 5. The third kappa shape index (κ3) is 7.61. The maximum absolute atomic E-state index is 13.3. The van der Waals surface area contributed by atoms with Gasteiger partial charge in [-0.3, -0.25) is 39.1 Å². The van der Waals surface area contributed by atoms with Crippen LogP contribution in [0.2, 0.25) is 5.02 Å². The van der Waals surface area contributed by atoms with Gasteiger partial charge in [0.1, 0.15) is 17.9 Å². The lowest BCUT2D eigenvalue weighted by molar-refractivity contribution is -0.136. The van der Waals surface area contributed by atoms with Gasteiger partial charge in [-0.05, 0) is 86.7 Å². The van der Waals surface area contributed by atoms with Crippen molar-refractivity contribution in [3.63, 3.8) is 0 Å². The van der Waals surface area contributed by atoms with Gasteiger partial charge in [0.25, 0.3) is 17.7 Å². The number of carbonyl (C=O) groups excluding carboxylic acids is 5. The molecule has 3 aromatic rings. The van der Waals surface area contributed by atoms with E-state index in [1.54, 1.807) is 30.3 Å². The third-order valence-corrected chi connectivity index (χ3v) is 11.8. The zero-order valence-electron chi connectivity index (χ0n) is 30.3. The molecule has 3 saturated heterocycles. The van der Waals surface area contributed by atoms with Crippen LogP contribution in [0.5, 0.6) is 5.75 Å². The van der Waals surface area contributed by atoms with Crippen LogP contribution in [0.1, 0.15) is 75.2 Å². The highest BCUT2D eigenvalue weighted by Gasteiger charge is 2.45. The second kappa shape index (κ2) is 15.4. The zero-order chi connectivity index (χ0) is 38.2. The number of halogens is 1. The van der Waals surface area contributed by atoms with Gasteiger partial charge in [0.15, 0.2) is 0 Å². The molecule has 5 aliphatic rings. The van der Waals surface area contributed by atoms with E-state index in [0.29, 0.717) is 38.9 Å². The number of benzene rings is 3. The molecule has 0 bridgehead atoms. The molecule has 55 heavy (non-hydrogen) atoms. The summed E-state index contributed by atoms with van der Waals surface area (Å²) in [6.07, 6.45) is 3.56. The van der Waals surface area contributed by atoms with Crippen molar-refractivity contribution in [1.82, 2.24) is 20.4 Å². The van der Waals surface area contributed by atoms with Crippen molar-refractivity contribution in [2.45, 2.75) is 56.7 Å². The first kappa shape index (κ1) is 36.5. The number of nitriles is 1. The van der Waals surface area contributed by atoms with E-state index >= 15 is 0 Å². The monoisotopic (exact) mass is 763 g/mol. The normalized spacial score (nSPS) is 23.2. The van der Waals surface area contributed by atoms with Gasteiger partial charge in [0, 0.05) is 87.2 Å². The number of piperazine rings is 1. The van der Waals surface area contributed by atoms with Crippen molar-refractivity contribution >= 4 is 52.5 Å². The van der Waals surface area contributed by atoms with Crippen molar-refractivity contribution in [1.29, 1.82) is 5.26 Å². The summed E-state index contributed by atoms with van der Waals surface area (Å²) in [7, 11) is 0. The Bertz CT molecular complexity index is 2060. The molecule has 4 heterocycles. The number of piperidine rings is 1. The fraction of sp³-hybridized carbons (Fsp3) is 0.415. The minimum Gasteiger partial charge on any atom is -0.490 e. The van der Waals surface area contributed by atoms with E-state index in [4.69, 9.17) is 21.6 Å². The Kier molecular flexibility index (Phi) is 10.2. The minimum atomic E-state index is -0.974. The summed E-state index contributed by atoms with van der Waals surface area (Å²) in [5.74, 6) is -0.853. The second-order valence-corrected chi connectivity index (χ2v) is 15.5. The molecule has 14 heteroatoms. The Hall–Kier alpha value is -5.45. The highest BCUT2D eigenvalue weighted by atomic mass is 35.5. The maximum atomic E-state index is 13.3.